The van der Waals surface area contributed by atoms with Crippen molar-refractivity contribution < 1.29 is 9.53 Å². The first-order valence-electron chi connectivity index (χ1n) is 11.1. The van der Waals surface area contributed by atoms with Gasteiger partial charge in [0.25, 0.3) is 0 Å². The molecular formula is C24H31N5O2. The van der Waals surface area contributed by atoms with Crippen molar-refractivity contribution in [2.75, 3.05) is 46.4 Å². The quantitative estimate of drug-likeness (QED) is 0.606. The summed E-state index contributed by atoms with van der Waals surface area (Å²) < 4.78 is 5.37. The van der Waals surface area contributed by atoms with Crippen LogP contribution >= 0.6 is 0 Å². The molecule has 1 amide bonds. The van der Waals surface area contributed by atoms with Gasteiger partial charge in [0.15, 0.2) is 5.96 Å². The highest BCUT2D eigenvalue weighted by atomic mass is 16.5. The maximum Gasteiger partial charge on any atom is 0.225 e. The fourth-order valence-electron chi connectivity index (χ4n) is 4.27. The Labute approximate surface area is 184 Å². The van der Waals surface area contributed by atoms with Gasteiger partial charge in [-0.1, -0.05) is 24.3 Å². The monoisotopic (exact) mass is 421 g/mol. The zero-order valence-electron chi connectivity index (χ0n) is 18.2. The van der Waals surface area contributed by atoms with Gasteiger partial charge in [-0.3, -0.25) is 14.8 Å². The summed E-state index contributed by atoms with van der Waals surface area (Å²) in [6.07, 6.45) is 3.55. The van der Waals surface area contributed by atoms with Crippen molar-refractivity contribution >= 4 is 11.9 Å². The van der Waals surface area contributed by atoms with Gasteiger partial charge in [0.1, 0.15) is 0 Å². The van der Waals surface area contributed by atoms with E-state index in [0.29, 0.717) is 19.8 Å². The Morgan fingerprint density at radius 1 is 1.10 bits per heavy atom. The fourth-order valence-corrected chi connectivity index (χ4v) is 4.27. The first-order chi connectivity index (χ1) is 15.2. The lowest BCUT2D eigenvalue weighted by atomic mass is 9.95. The molecule has 2 aromatic rings. The number of ether oxygens (including phenoxy) is 1. The summed E-state index contributed by atoms with van der Waals surface area (Å²) in [7, 11) is 1.82. The van der Waals surface area contributed by atoms with Gasteiger partial charge in [0.2, 0.25) is 5.91 Å². The topological polar surface area (TPSA) is 70.1 Å². The highest BCUT2D eigenvalue weighted by Crippen LogP contribution is 2.21. The van der Waals surface area contributed by atoms with E-state index in [1.165, 1.54) is 5.56 Å². The second-order valence-corrected chi connectivity index (χ2v) is 8.02. The molecule has 2 fully saturated rings. The number of piperidine rings is 1. The van der Waals surface area contributed by atoms with E-state index in [0.717, 1.165) is 56.2 Å². The van der Waals surface area contributed by atoms with Crippen molar-refractivity contribution in [2.24, 2.45) is 10.9 Å². The van der Waals surface area contributed by atoms with Crippen LogP contribution in [0, 0.1) is 5.92 Å². The second kappa shape index (κ2) is 10.4. The molecular weight excluding hydrogens is 390 g/mol. The van der Waals surface area contributed by atoms with Crippen LogP contribution in [-0.2, 0) is 16.1 Å². The SMILES string of the molecule is CN=C(NCc1cccc(-c2ccccn2)c1)N1CCC(C(=O)N2CCOCC2)CC1. The van der Waals surface area contributed by atoms with Crippen LogP contribution in [0.3, 0.4) is 0 Å². The van der Waals surface area contributed by atoms with Gasteiger partial charge in [-0.05, 0) is 36.6 Å². The Bertz CT molecular complexity index is 888. The third-order valence-electron chi connectivity index (χ3n) is 6.02. The van der Waals surface area contributed by atoms with Crippen molar-refractivity contribution in [1.29, 1.82) is 0 Å². The Morgan fingerprint density at radius 3 is 2.61 bits per heavy atom. The Morgan fingerprint density at radius 2 is 1.90 bits per heavy atom. The molecule has 0 saturated carbocycles. The van der Waals surface area contributed by atoms with Crippen molar-refractivity contribution in [3.8, 4) is 11.3 Å². The van der Waals surface area contributed by atoms with Crippen molar-refractivity contribution in [3.05, 3.63) is 54.2 Å². The van der Waals surface area contributed by atoms with Crippen LogP contribution in [0.15, 0.2) is 53.7 Å². The molecule has 1 aromatic carbocycles. The molecule has 1 aromatic heterocycles. The molecule has 164 valence electrons. The average molecular weight is 422 g/mol. The maximum atomic E-state index is 12.8. The molecule has 0 aliphatic carbocycles. The summed E-state index contributed by atoms with van der Waals surface area (Å²) in [5, 5.41) is 3.49. The lowest BCUT2D eigenvalue weighted by molar-refractivity contribution is -0.140. The number of hydrogen-bond acceptors (Lipinski definition) is 4. The van der Waals surface area contributed by atoms with Gasteiger partial charge in [-0.2, -0.15) is 0 Å². The van der Waals surface area contributed by atoms with Crippen LogP contribution in [0.1, 0.15) is 18.4 Å². The number of likely N-dealkylation sites (tertiary alicyclic amines) is 1. The van der Waals surface area contributed by atoms with Gasteiger partial charge in [0, 0.05) is 57.4 Å². The number of morpholine rings is 1. The molecule has 4 rings (SSSR count). The van der Waals surface area contributed by atoms with E-state index in [-0.39, 0.29) is 11.8 Å². The standard InChI is InChI=1S/C24H31N5O2/c1-25-24(27-18-19-5-4-6-21(17-19)22-7-2-3-10-26-22)29-11-8-20(9-12-29)23(30)28-13-15-31-16-14-28/h2-7,10,17,20H,8-9,11-16,18H2,1H3,(H,25,27). The van der Waals surface area contributed by atoms with E-state index >= 15 is 0 Å². The zero-order valence-corrected chi connectivity index (χ0v) is 18.2. The van der Waals surface area contributed by atoms with Crippen LogP contribution < -0.4 is 5.32 Å². The van der Waals surface area contributed by atoms with Gasteiger partial charge in [-0.15, -0.1) is 0 Å². The molecule has 0 radical (unpaired) electrons. The number of guanidine groups is 1. The number of amides is 1. The van der Waals surface area contributed by atoms with Crippen LogP contribution in [0.5, 0.6) is 0 Å². The molecule has 7 nitrogen and oxygen atoms in total. The Balaban J connectivity index is 1.30. The smallest absolute Gasteiger partial charge is 0.225 e. The number of hydrogen-bond donors (Lipinski definition) is 1. The molecule has 3 heterocycles. The molecule has 0 unspecified atom stereocenters. The molecule has 2 saturated heterocycles. The molecule has 2 aliphatic rings. The molecule has 7 heteroatoms. The van der Waals surface area contributed by atoms with E-state index in [4.69, 9.17) is 4.74 Å². The number of pyridine rings is 1. The van der Waals surface area contributed by atoms with E-state index < -0.39 is 0 Å². The second-order valence-electron chi connectivity index (χ2n) is 8.02. The number of aliphatic imine (C=N–C) groups is 1. The van der Waals surface area contributed by atoms with E-state index in [1.807, 2.05) is 36.3 Å². The zero-order chi connectivity index (χ0) is 21.5. The van der Waals surface area contributed by atoms with Gasteiger partial charge in [-0.25, -0.2) is 0 Å². The largest absolute Gasteiger partial charge is 0.378 e. The lowest BCUT2D eigenvalue weighted by Crippen LogP contribution is -2.49. The number of carbonyl (C=O) groups excluding carboxylic acids is 1. The average Bonchev–Trinajstić information content (AvgIpc) is 2.85. The molecule has 1 N–H and O–H groups in total. The van der Waals surface area contributed by atoms with Crippen molar-refractivity contribution in [1.82, 2.24) is 20.1 Å². The molecule has 0 bridgehead atoms. The summed E-state index contributed by atoms with van der Waals surface area (Å²) in [5.74, 6) is 1.29. The first kappa shape index (κ1) is 21.3. The molecule has 0 atom stereocenters. The summed E-state index contributed by atoms with van der Waals surface area (Å²) in [4.78, 5) is 25.9. The number of nitrogens with one attached hydrogen (secondary N) is 1. The normalized spacial score (nSPS) is 18.2. The number of benzene rings is 1. The predicted molar refractivity (Wildman–Crippen MR) is 122 cm³/mol. The van der Waals surface area contributed by atoms with Crippen molar-refractivity contribution in [2.45, 2.75) is 19.4 Å². The summed E-state index contributed by atoms with van der Waals surface area (Å²) in [5.41, 5.74) is 3.26. The van der Waals surface area contributed by atoms with Crippen LogP contribution in [0.4, 0.5) is 0 Å². The van der Waals surface area contributed by atoms with E-state index in [9.17, 15) is 4.79 Å². The Kier molecular flexibility index (Phi) is 7.14. The third kappa shape index (κ3) is 5.41. The Hall–Kier alpha value is -2.93. The van der Waals surface area contributed by atoms with Crippen LogP contribution in [0.25, 0.3) is 11.3 Å². The number of aromatic nitrogens is 1. The minimum atomic E-state index is 0.113. The van der Waals surface area contributed by atoms with E-state index in [1.54, 1.807) is 0 Å². The summed E-state index contributed by atoms with van der Waals surface area (Å²) >= 11 is 0. The highest BCUT2D eigenvalue weighted by molar-refractivity contribution is 5.82. The van der Waals surface area contributed by atoms with Crippen LogP contribution in [0.2, 0.25) is 0 Å². The van der Waals surface area contributed by atoms with Gasteiger partial charge in [0.05, 0.1) is 18.9 Å². The van der Waals surface area contributed by atoms with Gasteiger partial charge < -0.3 is 19.9 Å². The molecule has 31 heavy (non-hydrogen) atoms. The minimum Gasteiger partial charge on any atom is -0.378 e. The van der Waals surface area contributed by atoms with E-state index in [2.05, 4.69) is 44.5 Å². The lowest BCUT2D eigenvalue weighted by Gasteiger charge is -2.36. The van der Waals surface area contributed by atoms with Crippen molar-refractivity contribution in [3.63, 3.8) is 0 Å². The summed E-state index contributed by atoms with van der Waals surface area (Å²) in [6.45, 7) is 5.13. The number of nitrogens with zero attached hydrogens (tertiary/aromatic N) is 4. The molecule has 0 spiro atoms. The number of carbonyl (C=O) groups is 1. The number of rotatable bonds is 4. The molecule has 2 aliphatic heterocycles. The van der Waals surface area contributed by atoms with Gasteiger partial charge >= 0.3 is 0 Å². The predicted octanol–water partition coefficient (Wildman–Crippen LogP) is 2.39. The third-order valence-corrected chi connectivity index (χ3v) is 6.02. The first-order valence-corrected chi connectivity index (χ1v) is 11.1. The minimum absolute atomic E-state index is 0.113. The maximum absolute atomic E-state index is 12.8. The highest BCUT2D eigenvalue weighted by Gasteiger charge is 2.30. The van der Waals surface area contributed by atoms with Crippen LogP contribution in [-0.4, -0.2) is 73.1 Å². The fraction of sp³-hybridized carbons (Fsp3) is 0.458. The summed E-state index contributed by atoms with van der Waals surface area (Å²) in [6, 6.07) is 14.4.